The van der Waals surface area contributed by atoms with Crippen molar-refractivity contribution in [2.75, 3.05) is 4.90 Å². The lowest BCUT2D eigenvalue weighted by molar-refractivity contribution is -0.122. The van der Waals surface area contributed by atoms with Crippen LogP contribution in [0.4, 0.5) is 14.9 Å². The molecule has 4 aromatic rings. The van der Waals surface area contributed by atoms with Gasteiger partial charge in [0.15, 0.2) is 0 Å². The highest BCUT2D eigenvalue weighted by Crippen LogP contribution is 2.32. The number of carbonyl (C=O) groups is 3. The van der Waals surface area contributed by atoms with Gasteiger partial charge in [0.25, 0.3) is 11.8 Å². The van der Waals surface area contributed by atoms with E-state index in [1.807, 2.05) is 49.4 Å². The highest BCUT2D eigenvalue weighted by molar-refractivity contribution is 6.39. The maximum Gasteiger partial charge on any atom is 0.335 e. The maximum atomic E-state index is 13.5. The SMILES string of the molecule is CCc1ccc(N2C(=O)NC(=O)/C(=C\c3c(OCc4ccc(F)cc4)ccc4ccccc34)C2=O)cc1. The average molecular weight is 495 g/mol. The Labute approximate surface area is 213 Å². The molecule has 0 spiro atoms. The number of nitrogens with one attached hydrogen (secondary N) is 1. The van der Waals surface area contributed by atoms with Crippen molar-refractivity contribution in [3.05, 3.63) is 113 Å². The maximum absolute atomic E-state index is 13.5. The van der Waals surface area contributed by atoms with Gasteiger partial charge in [-0.1, -0.05) is 61.5 Å². The van der Waals surface area contributed by atoms with Crippen LogP contribution in [0, 0.1) is 5.82 Å². The molecule has 0 radical (unpaired) electrons. The quantitative estimate of drug-likeness (QED) is 0.272. The van der Waals surface area contributed by atoms with Crippen molar-refractivity contribution in [1.82, 2.24) is 5.32 Å². The van der Waals surface area contributed by atoms with Crippen LogP contribution in [-0.4, -0.2) is 17.8 Å². The van der Waals surface area contributed by atoms with Gasteiger partial charge in [0, 0.05) is 5.56 Å². The Morgan fingerprint density at radius 1 is 0.865 bits per heavy atom. The van der Waals surface area contributed by atoms with Gasteiger partial charge in [-0.05, 0) is 64.7 Å². The number of fused-ring (bicyclic) bond motifs is 1. The number of carbonyl (C=O) groups excluding carboxylic acids is 3. The molecule has 7 heteroatoms. The Kier molecular flexibility index (Phi) is 6.51. The summed E-state index contributed by atoms with van der Waals surface area (Å²) in [5, 5.41) is 3.92. The fourth-order valence-corrected chi connectivity index (χ4v) is 4.21. The van der Waals surface area contributed by atoms with Crippen molar-refractivity contribution in [3.8, 4) is 5.75 Å². The van der Waals surface area contributed by atoms with Crippen LogP contribution in [0.25, 0.3) is 16.8 Å². The van der Waals surface area contributed by atoms with Gasteiger partial charge in [-0.15, -0.1) is 0 Å². The smallest absolute Gasteiger partial charge is 0.335 e. The lowest BCUT2D eigenvalue weighted by atomic mass is 9.99. The molecule has 1 saturated heterocycles. The predicted octanol–water partition coefficient (Wildman–Crippen LogP) is 5.79. The van der Waals surface area contributed by atoms with Crippen LogP contribution in [0.3, 0.4) is 0 Å². The summed E-state index contributed by atoms with van der Waals surface area (Å²) in [4.78, 5) is 39.9. The first-order valence-corrected chi connectivity index (χ1v) is 11.8. The molecule has 4 aromatic carbocycles. The summed E-state index contributed by atoms with van der Waals surface area (Å²) in [6, 6.07) is 23.3. The van der Waals surface area contributed by atoms with Crippen molar-refractivity contribution >= 4 is 40.4 Å². The highest BCUT2D eigenvalue weighted by atomic mass is 19.1. The average Bonchev–Trinajstić information content (AvgIpc) is 2.91. The minimum Gasteiger partial charge on any atom is -0.488 e. The molecule has 0 bridgehead atoms. The van der Waals surface area contributed by atoms with E-state index in [1.165, 1.54) is 18.2 Å². The molecule has 6 nitrogen and oxygen atoms in total. The van der Waals surface area contributed by atoms with E-state index >= 15 is 0 Å². The normalized spacial score (nSPS) is 14.8. The van der Waals surface area contributed by atoms with Gasteiger partial charge in [-0.25, -0.2) is 14.1 Å². The third-order valence-corrected chi connectivity index (χ3v) is 6.23. The lowest BCUT2D eigenvalue weighted by Gasteiger charge is -2.26. The minimum atomic E-state index is -0.804. The van der Waals surface area contributed by atoms with Crippen LogP contribution in [0.2, 0.25) is 0 Å². The molecule has 0 atom stereocenters. The Morgan fingerprint density at radius 3 is 2.30 bits per heavy atom. The number of halogens is 1. The molecular weight excluding hydrogens is 471 g/mol. The molecular formula is C30H23FN2O4. The Morgan fingerprint density at radius 2 is 1.57 bits per heavy atom. The molecule has 1 fully saturated rings. The van der Waals surface area contributed by atoms with E-state index < -0.39 is 17.8 Å². The van der Waals surface area contributed by atoms with Gasteiger partial charge in [0.2, 0.25) is 0 Å². The summed E-state index contributed by atoms with van der Waals surface area (Å²) >= 11 is 0. The second-order valence-corrected chi connectivity index (χ2v) is 8.59. The van der Waals surface area contributed by atoms with Gasteiger partial charge >= 0.3 is 6.03 Å². The van der Waals surface area contributed by atoms with Gasteiger partial charge < -0.3 is 4.74 Å². The fourth-order valence-electron chi connectivity index (χ4n) is 4.21. The standard InChI is InChI=1S/C30H23FN2O4/c1-2-19-9-14-23(15-10-19)33-29(35)26(28(34)32-30(33)36)17-25-24-6-4-3-5-21(24)11-16-27(25)37-18-20-7-12-22(31)13-8-20/h3-17H,2,18H2,1H3,(H,32,34,36)/b26-17+. The van der Waals surface area contributed by atoms with E-state index in [2.05, 4.69) is 5.32 Å². The Bertz CT molecular complexity index is 1540. The number of imide groups is 2. The molecule has 1 aliphatic heterocycles. The third-order valence-electron chi connectivity index (χ3n) is 6.23. The number of anilines is 1. The number of hydrogen-bond acceptors (Lipinski definition) is 4. The van der Waals surface area contributed by atoms with Crippen LogP contribution in [0.5, 0.6) is 5.75 Å². The van der Waals surface area contributed by atoms with Crippen molar-refractivity contribution in [2.45, 2.75) is 20.0 Å². The van der Waals surface area contributed by atoms with Crippen molar-refractivity contribution in [1.29, 1.82) is 0 Å². The highest BCUT2D eigenvalue weighted by Gasteiger charge is 2.37. The van der Waals surface area contributed by atoms with Crippen LogP contribution in [0.15, 0.2) is 90.5 Å². The molecule has 0 unspecified atom stereocenters. The van der Waals surface area contributed by atoms with E-state index in [-0.39, 0.29) is 18.0 Å². The second kappa shape index (κ2) is 10.1. The van der Waals surface area contributed by atoms with Crippen LogP contribution < -0.4 is 15.0 Å². The van der Waals surface area contributed by atoms with Crippen LogP contribution >= 0.6 is 0 Å². The van der Waals surface area contributed by atoms with Gasteiger partial charge in [0.05, 0.1) is 5.69 Å². The number of amides is 4. The molecule has 0 aliphatic carbocycles. The zero-order valence-corrected chi connectivity index (χ0v) is 20.0. The van der Waals surface area contributed by atoms with E-state index in [0.717, 1.165) is 33.2 Å². The van der Waals surface area contributed by atoms with E-state index in [4.69, 9.17) is 4.74 Å². The number of urea groups is 1. The molecule has 5 rings (SSSR count). The Balaban J connectivity index is 1.56. The number of barbiturate groups is 1. The predicted molar refractivity (Wildman–Crippen MR) is 140 cm³/mol. The van der Waals surface area contributed by atoms with E-state index in [9.17, 15) is 18.8 Å². The minimum absolute atomic E-state index is 0.156. The first kappa shape index (κ1) is 23.9. The topological polar surface area (TPSA) is 75.7 Å². The van der Waals surface area contributed by atoms with Crippen molar-refractivity contribution in [3.63, 3.8) is 0 Å². The van der Waals surface area contributed by atoms with Crippen molar-refractivity contribution in [2.24, 2.45) is 0 Å². The zero-order valence-electron chi connectivity index (χ0n) is 20.0. The molecule has 1 N–H and O–H groups in total. The van der Waals surface area contributed by atoms with Gasteiger partial charge in [0.1, 0.15) is 23.7 Å². The van der Waals surface area contributed by atoms with Crippen LogP contribution in [-0.2, 0) is 22.6 Å². The second-order valence-electron chi connectivity index (χ2n) is 8.59. The number of hydrogen-bond donors (Lipinski definition) is 1. The summed E-state index contributed by atoms with van der Waals surface area (Å²) in [6.45, 7) is 2.16. The number of ether oxygens (including phenoxy) is 1. The monoisotopic (exact) mass is 494 g/mol. The molecule has 0 aromatic heterocycles. The molecule has 0 saturated carbocycles. The zero-order chi connectivity index (χ0) is 25.9. The number of nitrogens with zero attached hydrogens (tertiary/aromatic N) is 1. The largest absolute Gasteiger partial charge is 0.488 e. The number of aryl methyl sites for hydroxylation is 1. The summed E-state index contributed by atoms with van der Waals surface area (Å²) in [5.74, 6) is -1.42. The van der Waals surface area contributed by atoms with Crippen molar-refractivity contribution < 1.29 is 23.5 Å². The summed E-state index contributed by atoms with van der Waals surface area (Å²) in [7, 11) is 0. The van der Waals surface area contributed by atoms with E-state index in [1.54, 1.807) is 30.3 Å². The Hall–Kier alpha value is -4.78. The number of rotatable bonds is 6. The molecule has 4 amide bonds. The third kappa shape index (κ3) is 4.84. The van der Waals surface area contributed by atoms with Gasteiger partial charge in [-0.3, -0.25) is 14.9 Å². The first-order valence-electron chi connectivity index (χ1n) is 11.8. The summed E-state index contributed by atoms with van der Waals surface area (Å²) in [6.07, 6.45) is 2.27. The molecule has 184 valence electrons. The van der Waals surface area contributed by atoms with Crippen LogP contribution in [0.1, 0.15) is 23.6 Å². The molecule has 37 heavy (non-hydrogen) atoms. The van der Waals surface area contributed by atoms with Gasteiger partial charge in [-0.2, -0.15) is 0 Å². The van der Waals surface area contributed by atoms with E-state index in [0.29, 0.717) is 17.0 Å². The summed E-state index contributed by atoms with van der Waals surface area (Å²) < 4.78 is 19.3. The first-order chi connectivity index (χ1) is 17.9. The molecule has 1 heterocycles. The lowest BCUT2D eigenvalue weighted by Crippen LogP contribution is -2.54. The fraction of sp³-hybridized carbons (Fsp3) is 0.100. The number of benzene rings is 4. The molecule has 1 aliphatic rings. The summed E-state index contributed by atoms with van der Waals surface area (Å²) in [5.41, 5.74) is 2.51.